The van der Waals surface area contributed by atoms with Crippen LogP contribution in [0.15, 0.2) is 34.9 Å². The van der Waals surface area contributed by atoms with Crippen LogP contribution in [0, 0.1) is 12.7 Å². The lowest BCUT2D eigenvalue weighted by Gasteiger charge is -2.10. The zero-order valence-corrected chi connectivity index (χ0v) is 12.0. The summed E-state index contributed by atoms with van der Waals surface area (Å²) in [5.74, 6) is 1.04. The molecule has 2 aromatic rings. The first-order chi connectivity index (χ1) is 9.56. The number of carbonyl (C=O) groups excluding carboxylic acids is 1. The molecule has 0 spiro atoms. The Bertz CT molecular complexity index is 600. The first-order valence-corrected chi connectivity index (χ1v) is 7.20. The van der Waals surface area contributed by atoms with Gasteiger partial charge >= 0.3 is 0 Å². The van der Waals surface area contributed by atoms with Crippen molar-refractivity contribution in [3.63, 3.8) is 0 Å². The van der Waals surface area contributed by atoms with Gasteiger partial charge in [0.2, 0.25) is 5.91 Å². The Labute approximate surface area is 120 Å². The Hall–Kier alpha value is -1.82. The number of nitrogens with zero attached hydrogens (tertiary/aromatic N) is 1. The quantitative estimate of drug-likeness (QED) is 0.918. The van der Waals surface area contributed by atoms with Gasteiger partial charge in [-0.25, -0.2) is 4.39 Å². The molecule has 1 N–H and O–H groups in total. The maximum Gasteiger partial charge on any atom is 0.238 e. The van der Waals surface area contributed by atoms with Crippen LogP contribution in [0.2, 0.25) is 0 Å². The van der Waals surface area contributed by atoms with E-state index in [1.54, 1.807) is 38.1 Å². The fraction of sp³-hybridized carbons (Fsp3) is 0.286. The van der Waals surface area contributed by atoms with Gasteiger partial charge < -0.3 is 9.84 Å². The van der Waals surface area contributed by atoms with E-state index in [1.165, 1.54) is 17.8 Å². The smallest absolute Gasteiger partial charge is 0.238 e. The van der Waals surface area contributed by atoms with Crippen LogP contribution in [-0.2, 0) is 10.5 Å². The molecule has 0 saturated heterocycles. The molecule has 0 aliphatic carbocycles. The van der Waals surface area contributed by atoms with E-state index in [2.05, 4.69) is 10.5 Å². The van der Waals surface area contributed by atoms with Gasteiger partial charge in [0.15, 0.2) is 5.82 Å². The van der Waals surface area contributed by atoms with Gasteiger partial charge in [0.25, 0.3) is 0 Å². The number of halogens is 1. The number of amides is 1. The van der Waals surface area contributed by atoms with Gasteiger partial charge in [0.05, 0.1) is 5.25 Å². The molecule has 1 aromatic heterocycles. The van der Waals surface area contributed by atoms with Crippen LogP contribution in [-0.4, -0.2) is 16.3 Å². The topological polar surface area (TPSA) is 55.1 Å². The number of benzene rings is 1. The van der Waals surface area contributed by atoms with Gasteiger partial charge in [-0.1, -0.05) is 23.4 Å². The number of carbonyl (C=O) groups is 1. The van der Waals surface area contributed by atoms with Gasteiger partial charge in [-0.3, -0.25) is 4.79 Å². The summed E-state index contributed by atoms with van der Waals surface area (Å²) >= 11 is 1.37. The minimum atomic E-state index is -0.313. The molecule has 1 amide bonds. The first kappa shape index (κ1) is 14.6. The molecule has 6 heteroatoms. The highest BCUT2D eigenvalue weighted by Crippen LogP contribution is 2.21. The third-order valence-corrected chi connectivity index (χ3v) is 3.89. The van der Waals surface area contributed by atoms with Gasteiger partial charge in [0, 0.05) is 11.8 Å². The Morgan fingerprint density at radius 1 is 1.50 bits per heavy atom. The van der Waals surface area contributed by atoms with Crippen LogP contribution < -0.4 is 5.32 Å². The molecule has 0 saturated carbocycles. The Morgan fingerprint density at radius 2 is 2.25 bits per heavy atom. The van der Waals surface area contributed by atoms with Crippen molar-refractivity contribution in [2.45, 2.75) is 24.9 Å². The Balaban J connectivity index is 1.87. The van der Waals surface area contributed by atoms with Gasteiger partial charge in [-0.15, -0.1) is 11.8 Å². The van der Waals surface area contributed by atoms with E-state index in [-0.39, 0.29) is 17.0 Å². The summed E-state index contributed by atoms with van der Waals surface area (Å²) in [5.41, 5.74) is 0.592. The highest BCUT2D eigenvalue weighted by molar-refractivity contribution is 7.99. The van der Waals surface area contributed by atoms with Crippen molar-refractivity contribution < 1.29 is 13.7 Å². The summed E-state index contributed by atoms with van der Waals surface area (Å²) in [6.07, 6.45) is 0. The molecule has 0 aliphatic rings. The van der Waals surface area contributed by atoms with Crippen LogP contribution in [0.1, 0.15) is 18.2 Å². The van der Waals surface area contributed by atoms with Crippen molar-refractivity contribution in [3.05, 3.63) is 47.5 Å². The normalized spacial score (nSPS) is 12.2. The minimum Gasteiger partial charge on any atom is -0.360 e. The summed E-state index contributed by atoms with van der Waals surface area (Å²) in [7, 11) is 0. The number of anilines is 1. The third kappa shape index (κ3) is 3.84. The molecule has 1 aromatic carbocycles. The largest absolute Gasteiger partial charge is 0.360 e. The first-order valence-electron chi connectivity index (χ1n) is 6.15. The average Bonchev–Trinajstić information content (AvgIpc) is 2.82. The fourth-order valence-corrected chi connectivity index (χ4v) is 2.43. The summed E-state index contributed by atoms with van der Waals surface area (Å²) in [6, 6.07) is 8.20. The fourth-order valence-electron chi connectivity index (χ4n) is 1.56. The van der Waals surface area contributed by atoms with E-state index in [4.69, 9.17) is 4.52 Å². The molecule has 4 nitrogen and oxygen atoms in total. The molecule has 1 unspecified atom stereocenters. The molecule has 1 heterocycles. The average molecular weight is 294 g/mol. The minimum absolute atomic E-state index is 0.181. The van der Waals surface area contributed by atoms with Crippen LogP contribution in [0.5, 0.6) is 0 Å². The van der Waals surface area contributed by atoms with Gasteiger partial charge in [-0.2, -0.15) is 0 Å². The molecule has 106 valence electrons. The van der Waals surface area contributed by atoms with Gasteiger partial charge in [0.1, 0.15) is 11.6 Å². The molecule has 2 rings (SSSR count). The summed E-state index contributed by atoms with van der Waals surface area (Å²) in [4.78, 5) is 11.9. The maximum atomic E-state index is 13.5. The van der Waals surface area contributed by atoms with E-state index < -0.39 is 0 Å². The zero-order valence-electron chi connectivity index (χ0n) is 11.2. The van der Waals surface area contributed by atoms with E-state index in [0.717, 1.165) is 0 Å². The predicted molar refractivity (Wildman–Crippen MR) is 77.0 cm³/mol. The van der Waals surface area contributed by atoms with Gasteiger partial charge in [-0.05, 0) is 25.5 Å². The number of aryl methyl sites for hydroxylation is 1. The van der Waals surface area contributed by atoms with Crippen molar-refractivity contribution >= 4 is 23.5 Å². The van der Waals surface area contributed by atoms with E-state index in [9.17, 15) is 9.18 Å². The summed E-state index contributed by atoms with van der Waals surface area (Å²) < 4.78 is 18.3. The Kier molecular flexibility index (Phi) is 4.79. The van der Waals surface area contributed by atoms with Crippen molar-refractivity contribution in [1.82, 2.24) is 5.16 Å². The molecule has 0 radical (unpaired) electrons. The SMILES string of the molecule is Cc1cc(NC(=O)C(C)SCc2ccccc2F)no1. The lowest BCUT2D eigenvalue weighted by Crippen LogP contribution is -2.22. The third-order valence-electron chi connectivity index (χ3n) is 2.70. The monoisotopic (exact) mass is 294 g/mol. The van der Waals surface area contributed by atoms with Crippen LogP contribution in [0.4, 0.5) is 10.2 Å². The maximum absolute atomic E-state index is 13.5. The van der Waals surface area contributed by atoms with Crippen LogP contribution in [0.3, 0.4) is 0 Å². The predicted octanol–water partition coefficient (Wildman–Crippen LogP) is 3.38. The lowest BCUT2D eigenvalue weighted by atomic mass is 10.2. The molecule has 20 heavy (non-hydrogen) atoms. The van der Waals surface area contributed by atoms with Crippen molar-refractivity contribution in [3.8, 4) is 0 Å². The number of nitrogens with one attached hydrogen (secondary N) is 1. The number of thioether (sulfide) groups is 1. The van der Waals surface area contributed by atoms with Crippen LogP contribution in [0.25, 0.3) is 0 Å². The van der Waals surface area contributed by atoms with Crippen molar-refractivity contribution in [2.24, 2.45) is 0 Å². The van der Waals surface area contributed by atoms with E-state index in [0.29, 0.717) is 22.9 Å². The second kappa shape index (κ2) is 6.56. The number of aromatic nitrogens is 1. The molecule has 0 aliphatic heterocycles. The number of rotatable bonds is 5. The molecular weight excluding hydrogens is 279 g/mol. The molecule has 0 fully saturated rings. The van der Waals surface area contributed by atoms with E-state index >= 15 is 0 Å². The lowest BCUT2D eigenvalue weighted by molar-refractivity contribution is -0.115. The summed E-state index contributed by atoms with van der Waals surface area (Å²) in [6.45, 7) is 3.52. The Morgan fingerprint density at radius 3 is 2.90 bits per heavy atom. The number of hydrogen-bond acceptors (Lipinski definition) is 4. The highest BCUT2D eigenvalue weighted by atomic mass is 32.2. The highest BCUT2D eigenvalue weighted by Gasteiger charge is 2.16. The number of hydrogen-bond donors (Lipinski definition) is 1. The van der Waals surface area contributed by atoms with Crippen molar-refractivity contribution in [1.29, 1.82) is 0 Å². The van der Waals surface area contributed by atoms with E-state index in [1.807, 2.05) is 0 Å². The molecule has 0 bridgehead atoms. The second-order valence-corrected chi connectivity index (χ2v) is 5.69. The zero-order chi connectivity index (χ0) is 14.5. The van der Waals surface area contributed by atoms with Crippen molar-refractivity contribution in [2.75, 3.05) is 5.32 Å². The summed E-state index contributed by atoms with van der Waals surface area (Å²) in [5, 5.41) is 6.04. The van der Waals surface area contributed by atoms with Crippen LogP contribution >= 0.6 is 11.8 Å². The molecule has 1 atom stereocenters. The standard InChI is InChI=1S/C14H15FN2O2S/c1-9-7-13(17-19-9)16-14(18)10(2)20-8-11-5-3-4-6-12(11)15/h3-7,10H,8H2,1-2H3,(H,16,17,18). The molecular formula is C14H15FN2O2S. The second-order valence-electron chi connectivity index (χ2n) is 4.36.